The molecule has 4 rings (SSSR count). The molecule has 156 valence electrons. The summed E-state index contributed by atoms with van der Waals surface area (Å²) in [6, 6.07) is 17.8. The first kappa shape index (κ1) is 20.6. The molecule has 1 saturated heterocycles. The number of hydrogen-bond donors (Lipinski definition) is 1. The highest BCUT2D eigenvalue weighted by molar-refractivity contribution is 6.52. The fourth-order valence-corrected chi connectivity index (χ4v) is 3.84. The lowest BCUT2D eigenvalue weighted by Crippen LogP contribution is -2.29. The van der Waals surface area contributed by atoms with E-state index in [1.54, 1.807) is 36.4 Å². The molecule has 1 atom stereocenters. The summed E-state index contributed by atoms with van der Waals surface area (Å²) in [4.78, 5) is 27.2. The Hall–Kier alpha value is -3.64. The second-order valence-corrected chi connectivity index (χ2v) is 7.31. The zero-order valence-electron chi connectivity index (χ0n) is 16.4. The van der Waals surface area contributed by atoms with E-state index in [-0.39, 0.29) is 21.8 Å². The molecule has 1 amide bonds. The molecule has 7 heteroatoms. The van der Waals surface area contributed by atoms with Gasteiger partial charge in [-0.3, -0.25) is 14.5 Å². The lowest BCUT2D eigenvalue weighted by molar-refractivity contribution is -0.132. The fourth-order valence-electron chi connectivity index (χ4n) is 3.63. The number of hydrogen-bond acceptors (Lipinski definition) is 4. The molecule has 1 heterocycles. The zero-order chi connectivity index (χ0) is 22.1. The topological polar surface area (TPSA) is 66.8 Å². The van der Waals surface area contributed by atoms with Crippen LogP contribution in [0.4, 0.5) is 10.1 Å². The largest absolute Gasteiger partial charge is 0.507 e. The summed E-state index contributed by atoms with van der Waals surface area (Å²) in [5, 5.41) is 11.3. The van der Waals surface area contributed by atoms with E-state index in [4.69, 9.17) is 16.3 Å². The Morgan fingerprint density at radius 1 is 1.03 bits per heavy atom. The van der Waals surface area contributed by atoms with Gasteiger partial charge in [0, 0.05) is 11.3 Å². The number of aliphatic hydroxyl groups is 1. The number of carbonyl (C=O) groups is 2. The lowest BCUT2D eigenvalue weighted by Gasteiger charge is -2.25. The summed E-state index contributed by atoms with van der Waals surface area (Å²) in [6.45, 7) is 0. The Labute approximate surface area is 182 Å². The quantitative estimate of drug-likeness (QED) is 0.350. The fraction of sp³-hybridized carbons (Fsp3) is 0.0833. The predicted octanol–water partition coefficient (Wildman–Crippen LogP) is 5.11. The number of ketones is 1. The number of ether oxygens (including phenoxy) is 1. The third-order valence-corrected chi connectivity index (χ3v) is 5.40. The van der Waals surface area contributed by atoms with Crippen LogP contribution in [0.25, 0.3) is 5.76 Å². The van der Waals surface area contributed by atoms with E-state index >= 15 is 0 Å². The van der Waals surface area contributed by atoms with E-state index in [1.165, 1.54) is 48.4 Å². The zero-order valence-corrected chi connectivity index (χ0v) is 17.1. The van der Waals surface area contributed by atoms with E-state index in [2.05, 4.69) is 0 Å². The van der Waals surface area contributed by atoms with Gasteiger partial charge in [-0.1, -0.05) is 48.0 Å². The maximum absolute atomic E-state index is 13.9. The smallest absolute Gasteiger partial charge is 0.300 e. The van der Waals surface area contributed by atoms with Crippen molar-refractivity contribution in [3.05, 3.63) is 100 Å². The summed E-state index contributed by atoms with van der Waals surface area (Å²) in [6.07, 6.45) is 0. The number of halogens is 2. The number of Topliss-reactive ketones (excluding diaryl/α,β-unsaturated/α-hetero) is 1. The van der Waals surface area contributed by atoms with Crippen molar-refractivity contribution in [2.75, 3.05) is 12.0 Å². The van der Waals surface area contributed by atoms with E-state index < -0.39 is 29.3 Å². The number of benzene rings is 3. The summed E-state index contributed by atoms with van der Waals surface area (Å²) in [5.74, 6) is -2.34. The Morgan fingerprint density at radius 3 is 2.45 bits per heavy atom. The van der Waals surface area contributed by atoms with Gasteiger partial charge in [-0.05, 0) is 42.0 Å². The van der Waals surface area contributed by atoms with Crippen LogP contribution in [0.1, 0.15) is 17.2 Å². The van der Waals surface area contributed by atoms with Gasteiger partial charge in [-0.2, -0.15) is 0 Å². The molecule has 1 fully saturated rings. The van der Waals surface area contributed by atoms with Crippen LogP contribution in [0.5, 0.6) is 5.75 Å². The van der Waals surface area contributed by atoms with E-state index in [0.717, 1.165) is 0 Å². The number of amides is 1. The molecular weight excluding hydrogens is 421 g/mol. The maximum Gasteiger partial charge on any atom is 0.300 e. The predicted molar refractivity (Wildman–Crippen MR) is 116 cm³/mol. The van der Waals surface area contributed by atoms with Crippen molar-refractivity contribution < 1.29 is 23.8 Å². The third-order valence-electron chi connectivity index (χ3n) is 5.07. The van der Waals surface area contributed by atoms with Crippen molar-refractivity contribution in [1.29, 1.82) is 0 Å². The molecule has 31 heavy (non-hydrogen) atoms. The van der Waals surface area contributed by atoms with Gasteiger partial charge in [0.2, 0.25) is 0 Å². The Balaban J connectivity index is 1.97. The van der Waals surface area contributed by atoms with Gasteiger partial charge in [-0.25, -0.2) is 4.39 Å². The van der Waals surface area contributed by atoms with Crippen molar-refractivity contribution in [3.63, 3.8) is 0 Å². The van der Waals surface area contributed by atoms with E-state index in [1.807, 2.05) is 0 Å². The Bertz CT molecular complexity index is 1210. The highest BCUT2D eigenvalue weighted by Crippen LogP contribution is 2.43. The molecular formula is C24H17ClFNO4. The van der Waals surface area contributed by atoms with Gasteiger partial charge in [0.25, 0.3) is 11.7 Å². The average molecular weight is 438 g/mol. The minimum absolute atomic E-state index is 0.143. The van der Waals surface area contributed by atoms with E-state index in [0.29, 0.717) is 11.3 Å². The Morgan fingerprint density at radius 2 is 1.77 bits per heavy atom. The van der Waals surface area contributed by atoms with Crippen LogP contribution in [0.2, 0.25) is 5.02 Å². The second-order valence-electron chi connectivity index (χ2n) is 6.91. The number of aliphatic hydroxyl groups excluding tert-OH is 1. The number of anilines is 1. The van der Waals surface area contributed by atoms with Crippen molar-refractivity contribution in [1.82, 2.24) is 0 Å². The monoisotopic (exact) mass is 437 g/mol. The first-order valence-electron chi connectivity index (χ1n) is 9.38. The molecule has 0 saturated carbocycles. The molecule has 5 nitrogen and oxygen atoms in total. The first-order valence-corrected chi connectivity index (χ1v) is 9.75. The number of rotatable bonds is 4. The summed E-state index contributed by atoms with van der Waals surface area (Å²) in [5.41, 5.74) is 0.785. The molecule has 0 spiro atoms. The third kappa shape index (κ3) is 3.66. The Kier molecular flexibility index (Phi) is 5.48. The maximum atomic E-state index is 13.9. The van der Waals surface area contributed by atoms with Gasteiger partial charge >= 0.3 is 0 Å². The molecule has 1 aliphatic heterocycles. The van der Waals surface area contributed by atoms with Crippen LogP contribution in [0, 0.1) is 5.82 Å². The van der Waals surface area contributed by atoms with Gasteiger partial charge in [0.15, 0.2) is 0 Å². The standard InChI is InChI=1S/C24H17ClFNO4/c1-31-17-10-11-19(25)18(13-17)22(28)20-21(14-6-3-2-4-7-14)27(24(30)23(20)29)16-9-5-8-15(26)12-16/h2-13,21,28H,1H3/b22-20+. The molecule has 0 bridgehead atoms. The number of carbonyl (C=O) groups excluding carboxylic acids is 2. The second kappa shape index (κ2) is 8.24. The normalized spacial score (nSPS) is 17.8. The first-order chi connectivity index (χ1) is 14.9. The van der Waals surface area contributed by atoms with Crippen LogP contribution in [-0.4, -0.2) is 23.9 Å². The highest BCUT2D eigenvalue weighted by Gasteiger charge is 2.47. The molecule has 3 aromatic rings. The van der Waals surface area contributed by atoms with Crippen molar-refractivity contribution in [3.8, 4) is 5.75 Å². The van der Waals surface area contributed by atoms with Crippen molar-refractivity contribution in [2.24, 2.45) is 0 Å². The minimum atomic E-state index is -0.967. The van der Waals surface area contributed by atoms with Gasteiger partial charge in [0.05, 0.1) is 23.7 Å². The average Bonchev–Trinajstić information content (AvgIpc) is 3.05. The SMILES string of the molecule is COc1ccc(Cl)c(/C(O)=C2\C(=O)C(=O)N(c3cccc(F)c3)C2c2ccccc2)c1. The minimum Gasteiger partial charge on any atom is -0.507 e. The van der Waals surface area contributed by atoms with Gasteiger partial charge in [-0.15, -0.1) is 0 Å². The number of nitrogens with zero attached hydrogens (tertiary/aromatic N) is 1. The van der Waals surface area contributed by atoms with Crippen LogP contribution in [0.15, 0.2) is 78.4 Å². The molecule has 1 unspecified atom stereocenters. The molecule has 0 aromatic heterocycles. The van der Waals surface area contributed by atoms with Crippen LogP contribution >= 0.6 is 11.6 Å². The molecule has 0 radical (unpaired) electrons. The van der Waals surface area contributed by atoms with Crippen LogP contribution in [-0.2, 0) is 9.59 Å². The lowest BCUT2D eigenvalue weighted by atomic mass is 9.95. The van der Waals surface area contributed by atoms with Crippen LogP contribution < -0.4 is 9.64 Å². The summed E-state index contributed by atoms with van der Waals surface area (Å²) < 4.78 is 19.1. The summed E-state index contributed by atoms with van der Waals surface area (Å²) in [7, 11) is 1.46. The molecule has 0 aliphatic carbocycles. The van der Waals surface area contributed by atoms with Gasteiger partial charge in [0.1, 0.15) is 17.3 Å². The van der Waals surface area contributed by atoms with Crippen molar-refractivity contribution >= 4 is 34.7 Å². The number of methoxy groups -OCH3 is 1. The van der Waals surface area contributed by atoms with Crippen molar-refractivity contribution in [2.45, 2.75) is 6.04 Å². The molecule has 3 aromatic carbocycles. The molecule has 1 aliphatic rings. The van der Waals surface area contributed by atoms with Gasteiger partial charge < -0.3 is 9.84 Å². The summed E-state index contributed by atoms with van der Waals surface area (Å²) >= 11 is 6.27. The highest BCUT2D eigenvalue weighted by atomic mass is 35.5. The molecule has 1 N–H and O–H groups in total. The van der Waals surface area contributed by atoms with Crippen LogP contribution in [0.3, 0.4) is 0 Å². The van der Waals surface area contributed by atoms with E-state index in [9.17, 15) is 19.1 Å².